The standard InChI is InChI=1S/C22H20N2O4S2/c1-14-11-15(2)20-18(12-14)23-22(29-20)24(13-16-7-6-10-28-16)21(25)17-8-4-5-9-19(17)30(3,26)27/h4-12H,13H2,1-3H3. The second kappa shape index (κ2) is 7.70. The number of hydrogen-bond acceptors (Lipinski definition) is 6. The van der Waals surface area contributed by atoms with E-state index in [0.29, 0.717) is 10.9 Å². The Hall–Kier alpha value is -2.97. The fraction of sp³-hybridized carbons (Fsp3) is 0.182. The van der Waals surface area contributed by atoms with E-state index in [1.54, 1.807) is 24.3 Å². The zero-order chi connectivity index (χ0) is 21.5. The number of sulfone groups is 1. The van der Waals surface area contributed by atoms with Gasteiger partial charge in [0.1, 0.15) is 5.76 Å². The van der Waals surface area contributed by atoms with Crippen molar-refractivity contribution in [2.45, 2.75) is 25.3 Å². The van der Waals surface area contributed by atoms with E-state index in [9.17, 15) is 13.2 Å². The topological polar surface area (TPSA) is 80.5 Å². The van der Waals surface area contributed by atoms with Crippen molar-refractivity contribution in [3.05, 3.63) is 77.2 Å². The van der Waals surface area contributed by atoms with Crippen LogP contribution in [0.1, 0.15) is 27.2 Å². The Morgan fingerprint density at radius 2 is 1.90 bits per heavy atom. The van der Waals surface area contributed by atoms with Gasteiger partial charge in [0.2, 0.25) is 0 Å². The number of carbonyl (C=O) groups excluding carboxylic acids is 1. The smallest absolute Gasteiger partial charge is 0.261 e. The molecule has 0 radical (unpaired) electrons. The lowest BCUT2D eigenvalue weighted by Gasteiger charge is -2.20. The molecule has 1 amide bonds. The average Bonchev–Trinajstić information content (AvgIpc) is 3.34. The highest BCUT2D eigenvalue weighted by Gasteiger charge is 2.27. The fourth-order valence-corrected chi connectivity index (χ4v) is 5.27. The molecule has 4 aromatic rings. The average molecular weight is 441 g/mol. The van der Waals surface area contributed by atoms with Gasteiger partial charge in [-0.1, -0.05) is 29.5 Å². The summed E-state index contributed by atoms with van der Waals surface area (Å²) in [5.74, 6) is 0.133. The first-order valence-electron chi connectivity index (χ1n) is 9.25. The maximum atomic E-state index is 13.6. The van der Waals surface area contributed by atoms with Crippen molar-refractivity contribution >= 4 is 42.4 Å². The number of anilines is 1. The molecule has 6 nitrogen and oxygen atoms in total. The SMILES string of the molecule is Cc1cc(C)c2sc(N(Cc3ccco3)C(=O)c3ccccc3S(C)(=O)=O)nc2c1. The molecule has 154 valence electrons. The number of rotatable bonds is 5. The minimum Gasteiger partial charge on any atom is -0.467 e. The van der Waals surface area contributed by atoms with Crippen molar-refractivity contribution in [2.24, 2.45) is 0 Å². The van der Waals surface area contributed by atoms with Crippen LogP contribution in [0.15, 0.2) is 64.1 Å². The van der Waals surface area contributed by atoms with Gasteiger partial charge >= 0.3 is 0 Å². The molecule has 0 spiro atoms. The summed E-state index contributed by atoms with van der Waals surface area (Å²) < 4.78 is 31.0. The van der Waals surface area contributed by atoms with Gasteiger partial charge in [-0.3, -0.25) is 9.69 Å². The van der Waals surface area contributed by atoms with Gasteiger partial charge in [-0.15, -0.1) is 0 Å². The molecule has 0 aliphatic rings. The number of hydrogen-bond donors (Lipinski definition) is 0. The van der Waals surface area contributed by atoms with E-state index in [1.165, 1.54) is 34.6 Å². The third kappa shape index (κ3) is 3.88. The first kappa shape index (κ1) is 20.3. The number of fused-ring (bicyclic) bond motifs is 1. The normalized spacial score (nSPS) is 11.7. The molecule has 0 N–H and O–H groups in total. The molecule has 0 aliphatic heterocycles. The molecule has 0 saturated carbocycles. The quantitative estimate of drug-likeness (QED) is 0.447. The first-order valence-corrected chi connectivity index (χ1v) is 12.0. The van der Waals surface area contributed by atoms with E-state index in [4.69, 9.17) is 4.42 Å². The summed E-state index contributed by atoms with van der Waals surface area (Å²) >= 11 is 1.40. The summed E-state index contributed by atoms with van der Waals surface area (Å²) in [4.78, 5) is 19.7. The summed E-state index contributed by atoms with van der Waals surface area (Å²) in [6.45, 7) is 4.15. The lowest BCUT2D eigenvalue weighted by Crippen LogP contribution is -2.31. The van der Waals surface area contributed by atoms with Crippen LogP contribution in [0.25, 0.3) is 10.2 Å². The van der Waals surface area contributed by atoms with Crippen LogP contribution in [0.4, 0.5) is 5.13 Å². The number of thiazole rings is 1. The Labute approximate surface area is 178 Å². The molecule has 0 atom stereocenters. The Morgan fingerprint density at radius 1 is 1.13 bits per heavy atom. The number of amides is 1. The first-order chi connectivity index (χ1) is 14.2. The molecule has 0 unspecified atom stereocenters. The van der Waals surface area contributed by atoms with Crippen LogP contribution in [0.3, 0.4) is 0 Å². The summed E-state index contributed by atoms with van der Waals surface area (Å²) in [6.07, 6.45) is 2.63. The molecular formula is C22H20N2O4S2. The van der Waals surface area contributed by atoms with Crippen LogP contribution < -0.4 is 4.90 Å². The highest BCUT2D eigenvalue weighted by atomic mass is 32.2. The number of nitrogens with zero attached hydrogens (tertiary/aromatic N) is 2. The van der Waals surface area contributed by atoms with E-state index in [0.717, 1.165) is 27.6 Å². The Kier molecular flexibility index (Phi) is 5.21. The molecule has 0 saturated heterocycles. The molecule has 4 rings (SSSR count). The minimum atomic E-state index is -3.58. The van der Waals surface area contributed by atoms with Crippen LogP contribution in [0.5, 0.6) is 0 Å². The second-order valence-corrected chi connectivity index (χ2v) is 10.1. The van der Waals surface area contributed by atoms with Gasteiger partial charge in [0.25, 0.3) is 5.91 Å². The Balaban J connectivity index is 1.86. The summed E-state index contributed by atoms with van der Waals surface area (Å²) in [5.41, 5.74) is 3.08. The summed E-state index contributed by atoms with van der Waals surface area (Å²) in [5, 5.41) is 0.489. The van der Waals surface area contributed by atoms with Crippen molar-refractivity contribution in [1.29, 1.82) is 0 Å². The number of aryl methyl sites for hydroxylation is 2. The Morgan fingerprint density at radius 3 is 2.60 bits per heavy atom. The largest absolute Gasteiger partial charge is 0.467 e. The fourth-order valence-electron chi connectivity index (χ4n) is 3.38. The molecule has 0 fully saturated rings. The summed E-state index contributed by atoms with van der Waals surface area (Å²) in [6, 6.07) is 13.8. The maximum absolute atomic E-state index is 13.6. The zero-order valence-corrected chi connectivity index (χ0v) is 18.4. The number of carbonyl (C=O) groups is 1. The molecule has 2 aromatic carbocycles. The molecule has 8 heteroatoms. The third-order valence-electron chi connectivity index (χ3n) is 4.70. The molecule has 0 bridgehead atoms. The van der Waals surface area contributed by atoms with E-state index in [2.05, 4.69) is 11.1 Å². The maximum Gasteiger partial charge on any atom is 0.261 e. The third-order valence-corrected chi connectivity index (χ3v) is 7.08. The van der Waals surface area contributed by atoms with Gasteiger partial charge < -0.3 is 4.42 Å². The van der Waals surface area contributed by atoms with E-state index >= 15 is 0 Å². The molecule has 0 aliphatic carbocycles. The highest BCUT2D eigenvalue weighted by molar-refractivity contribution is 7.90. The van der Waals surface area contributed by atoms with Crippen LogP contribution in [0.2, 0.25) is 0 Å². The van der Waals surface area contributed by atoms with Crippen LogP contribution >= 0.6 is 11.3 Å². The van der Waals surface area contributed by atoms with Crippen molar-refractivity contribution in [1.82, 2.24) is 4.98 Å². The van der Waals surface area contributed by atoms with Gasteiger partial charge in [0, 0.05) is 6.26 Å². The van der Waals surface area contributed by atoms with Crippen LogP contribution in [-0.2, 0) is 16.4 Å². The van der Waals surface area contributed by atoms with Crippen LogP contribution in [0, 0.1) is 13.8 Å². The molecule has 2 aromatic heterocycles. The molecular weight excluding hydrogens is 420 g/mol. The van der Waals surface area contributed by atoms with Crippen molar-refractivity contribution in [3.63, 3.8) is 0 Å². The zero-order valence-electron chi connectivity index (χ0n) is 16.7. The lowest BCUT2D eigenvalue weighted by molar-refractivity contribution is 0.0980. The van der Waals surface area contributed by atoms with Crippen LogP contribution in [-0.4, -0.2) is 25.6 Å². The Bertz CT molecular complexity index is 1340. The number of aromatic nitrogens is 1. The van der Waals surface area contributed by atoms with Gasteiger partial charge in [0.15, 0.2) is 15.0 Å². The van der Waals surface area contributed by atoms with Gasteiger partial charge in [-0.25, -0.2) is 13.4 Å². The predicted molar refractivity (Wildman–Crippen MR) is 118 cm³/mol. The van der Waals surface area contributed by atoms with Gasteiger partial charge in [-0.05, 0) is 55.3 Å². The van der Waals surface area contributed by atoms with E-state index < -0.39 is 15.7 Å². The highest BCUT2D eigenvalue weighted by Crippen LogP contribution is 2.34. The predicted octanol–water partition coefficient (Wildman–Crippen LogP) is 4.76. The molecule has 30 heavy (non-hydrogen) atoms. The van der Waals surface area contributed by atoms with Gasteiger partial charge in [-0.2, -0.15) is 0 Å². The van der Waals surface area contributed by atoms with Crippen molar-refractivity contribution < 1.29 is 17.6 Å². The minimum absolute atomic E-state index is 0.00687. The second-order valence-electron chi connectivity index (χ2n) is 7.17. The number of furan rings is 1. The number of benzene rings is 2. The van der Waals surface area contributed by atoms with Crippen molar-refractivity contribution in [2.75, 3.05) is 11.2 Å². The lowest BCUT2D eigenvalue weighted by atomic mass is 10.1. The monoisotopic (exact) mass is 440 g/mol. The summed E-state index contributed by atoms with van der Waals surface area (Å²) in [7, 11) is -3.58. The van der Waals surface area contributed by atoms with Gasteiger partial charge in [0.05, 0.1) is 33.5 Å². The molecule has 2 heterocycles. The van der Waals surface area contributed by atoms with E-state index in [1.807, 2.05) is 19.9 Å². The van der Waals surface area contributed by atoms with E-state index in [-0.39, 0.29) is 17.0 Å². The van der Waals surface area contributed by atoms with Crippen molar-refractivity contribution in [3.8, 4) is 0 Å².